The fourth-order valence-corrected chi connectivity index (χ4v) is 3.21. The smallest absolute Gasteiger partial charge is 0.287 e. The molecule has 0 radical (unpaired) electrons. The SMILES string of the molecule is CCCOc1ccc(/C=C(\NC(=O)c2ccccc2)C(=O)N/N=C(/C)c2ccc(OCC)cc2)cc1. The van der Waals surface area contributed by atoms with Gasteiger partial charge in [0.2, 0.25) is 0 Å². The Morgan fingerprint density at radius 2 is 1.47 bits per heavy atom. The summed E-state index contributed by atoms with van der Waals surface area (Å²) < 4.78 is 11.1. The fourth-order valence-electron chi connectivity index (χ4n) is 3.21. The van der Waals surface area contributed by atoms with Gasteiger partial charge >= 0.3 is 0 Å². The van der Waals surface area contributed by atoms with Gasteiger partial charge in [-0.25, -0.2) is 5.43 Å². The first-order chi connectivity index (χ1) is 17.5. The van der Waals surface area contributed by atoms with Crippen LogP contribution in [-0.4, -0.2) is 30.7 Å². The fraction of sp³-hybridized carbons (Fsp3) is 0.207. The molecule has 0 fully saturated rings. The summed E-state index contributed by atoms with van der Waals surface area (Å²) in [6.07, 6.45) is 2.51. The molecule has 0 aromatic heterocycles. The van der Waals surface area contributed by atoms with Crippen LogP contribution in [0.1, 0.15) is 48.7 Å². The van der Waals surface area contributed by atoms with E-state index in [2.05, 4.69) is 15.8 Å². The average molecular weight is 486 g/mol. The van der Waals surface area contributed by atoms with E-state index in [0.29, 0.717) is 24.5 Å². The van der Waals surface area contributed by atoms with Gasteiger partial charge in [-0.05, 0) is 86.0 Å². The third kappa shape index (κ3) is 7.84. The maximum atomic E-state index is 13.1. The lowest BCUT2D eigenvalue weighted by atomic mass is 10.1. The van der Waals surface area contributed by atoms with Crippen LogP contribution in [0, 0.1) is 0 Å². The zero-order chi connectivity index (χ0) is 25.8. The van der Waals surface area contributed by atoms with Crippen LogP contribution in [0.2, 0.25) is 0 Å². The lowest BCUT2D eigenvalue weighted by Gasteiger charge is -2.10. The molecule has 3 aromatic carbocycles. The van der Waals surface area contributed by atoms with Crippen molar-refractivity contribution in [3.63, 3.8) is 0 Å². The molecule has 0 atom stereocenters. The van der Waals surface area contributed by atoms with Crippen LogP contribution >= 0.6 is 0 Å². The standard InChI is InChI=1S/C29H31N3O4/c1-4-19-36-26-15-11-22(12-16-26)20-27(30-28(33)24-9-7-6-8-10-24)29(34)32-31-21(3)23-13-17-25(18-14-23)35-5-2/h6-18,20H,4-5,19H2,1-3H3,(H,30,33)(H,32,34)/b27-20-,31-21-. The number of carbonyl (C=O) groups is 2. The van der Waals surface area contributed by atoms with Gasteiger partial charge in [-0.3, -0.25) is 9.59 Å². The van der Waals surface area contributed by atoms with Gasteiger partial charge in [-0.15, -0.1) is 0 Å². The van der Waals surface area contributed by atoms with Gasteiger partial charge in [0.05, 0.1) is 18.9 Å². The highest BCUT2D eigenvalue weighted by molar-refractivity contribution is 6.06. The Kier molecular flexibility index (Phi) is 9.82. The van der Waals surface area contributed by atoms with Crippen molar-refractivity contribution < 1.29 is 19.1 Å². The Labute approximate surface area is 211 Å². The average Bonchev–Trinajstić information content (AvgIpc) is 2.91. The first-order valence-corrected chi connectivity index (χ1v) is 11.9. The van der Waals surface area contributed by atoms with Crippen LogP contribution in [-0.2, 0) is 4.79 Å². The Bertz CT molecular complexity index is 1200. The van der Waals surface area contributed by atoms with E-state index in [4.69, 9.17) is 9.47 Å². The predicted octanol–water partition coefficient (Wildman–Crippen LogP) is 5.19. The second-order valence-electron chi connectivity index (χ2n) is 7.89. The van der Waals surface area contributed by atoms with Gasteiger partial charge in [0.25, 0.3) is 11.8 Å². The van der Waals surface area contributed by atoms with Crippen molar-refractivity contribution >= 4 is 23.6 Å². The van der Waals surface area contributed by atoms with Gasteiger partial charge in [-0.2, -0.15) is 5.10 Å². The molecule has 0 spiro atoms. The van der Waals surface area contributed by atoms with Gasteiger partial charge in [-0.1, -0.05) is 37.3 Å². The summed E-state index contributed by atoms with van der Waals surface area (Å²) >= 11 is 0. The number of nitrogens with zero attached hydrogens (tertiary/aromatic N) is 1. The highest BCUT2D eigenvalue weighted by Gasteiger charge is 2.15. The molecule has 2 N–H and O–H groups in total. The van der Waals surface area contributed by atoms with Crippen molar-refractivity contribution in [2.45, 2.75) is 27.2 Å². The monoisotopic (exact) mass is 485 g/mol. The summed E-state index contributed by atoms with van der Waals surface area (Å²) in [4.78, 5) is 25.8. The Balaban J connectivity index is 1.79. The Hall–Kier alpha value is -4.39. The third-order valence-electron chi connectivity index (χ3n) is 5.10. The number of benzene rings is 3. The summed E-state index contributed by atoms with van der Waals surface area (Å²) in [6.45, 7) is 6.96. The van der Waals surface area contributed by atoms with Crippen molar-refractivity contribution in [2.24, 2.45) is 5.10 Å². The minimum Gasteiger partial charge on any atom is -0.494 e. The zero-order valence-corrected chi connectivity index (χ0v) is 20.8. The van der Waals surface area contributed by atoms with E-state index in [1.807, 2.05) is 68.4 Å². The second-order valence-corrected chi connectivity index (χ2v) is 7.89. The maximum absolute atomic E-state index is 13.1. The van der Waals surface area contributed by atoms with Crippen molar-refractivity contribution in [3.05, 3.63) is 101 Å². The largest absolute Gasteiger partial charge is 0.494 e. The summed E-state index contributed by atoms with van der Waals surface area (Å²) in [5.74, 6) is 0.560. The van der Waals surface area contributed by atoms with Crippen molar-refractivity contribution in [1.82, 2.24) is 10.7 Å². The minimum absolute atomic E-state index is 0.0642. The van der Waals surface area contributed by atoms with Crippen LogP contribution in [0.15, 0.2) is 89.7 Å². The molecule has 2 amide bonds. The number of hydrogen-bond acceptors (Lipinski definition) is 5. The van der Waals surface area contributed by atoms with Crippen LogP contribution in [0.5, 0.6) is 11.5 Å². The molecule has 0 unspecified atom stereocenters. The molecule has 0 bridgehead atoms. The van der Waals surface area contributed by atoms with E-state index in [-0.39, 0.29) is 5.70 Å². The number of ether oxygens (including phenoxy) is 2. The van der Waals surface area contributed by atoms with Gasteiger partial charge < -0.3 is 14.8 Å². The lowest BCUT2D eigenvalue weighted by Crippen LogP contribution is -2.33. The number of amides is 2. The van der Waals surface area contributed by atoms with Crippen LogP contribution in [0.4, 0.5) is 0 Å². The molecule has 0 saturated carbocycles. The molecular formula is C29H31N3O4. The van der Waals surface area contributed by atoms with E-state index < -0.39 is 11.8 Å². The summed E-state index contributed by atoms with van der Waals surface area (Å²) in [7, 11) is 0. The number of hydrogen-bond donors (Lipinski definition) is 2. The normalized spacial score (nSPS) is 11.5. The molecule has 0 saturated heterocycles. The molecule has 186 valence electrons. The molecule has 36 heavy (non-hydrogen) atoms. The van der Waals surface area contributed by atoms with E-state index in [1.54, 1.807) is 37.3 Å². The Morgan fingerprint density at radius 1 is 0.833 bits per heavy atom. The molecule has 7 heteroatoms. The first-order valence-electron chi connectivity index (χ1n) is 11.9. The molecule has 0 aliphatic rings. The zero-order valence-electron chi connectivity index (χ0n) is 20.8. The second kappa shape index (κ2) is 13.5. The van der Waals surface area contributed by atoms with E-state index in [1.165, 1.54) is 0 Å². The van der Waals surface area contributed by atoms with Crippen molar-refractivity contribution in [2.75, 3.05) is 13.2 Å². The van der Waals surface area contributed by atoms with E-state index in [0.717, 1.165) is 29.0 Å². The number of nitrogens with one attached hydrogen (secondary N) is 2. The minimum atomic E-state index is -0.545. The van der Waals surface area contributed by atoms with Crippen molar-refractivity contribution in [3.8, 4) is 11.5 Å². The maximum Gasteiger partial charge on any atom is 0.287 e. The molecule has 3 aromatic rings. The highest BCUT2D eigenvalue weighted by Crippen LogP contribution is 2.15. The molecule has 7 nitrogen and oxygen atoms in total. The predicted molar refractivity (Wildman–Crippen MR) is 142 cm³/mol. The molecule has 0 heterocycles. The summed E-state index contributed by atoms with van der Waals surface area (Å²) in [6, 6.07) is 23.4. The third-order valence-corrected chi connectivity index (χ3v) is 5.10. The summed E-state index contributed by atoms with van der Waals surface area (Å²) in [5, 5.41) is 6.93. The van der Waals surface area contributed by atoms with Crippen molar-refractivity contribution in [1.29, 1.82) is 0 Å². The number of hydrazone groups is 1. The molecule has 0 aliphatic carbocycles. The quantitative estimate of drug-likeness (QED) is 0.222. The summed E-state index contributed by atoms with van der Waals surface area (Å²) in [5.41, 5.74) is 5.22. The number of carbonyl (C=O) groups excluding carboxylic acids is 2. The van der Waals surface area contributed by atoms with Crippen LogP contribution in [0.3, 0.4) is 0 Å². The molecular weight excluding hydrogens is 454 g/mol. The molecule has 0 aliphatic heterocycles. The van der Waals surface area contributed by atoms with Gasteiger partial charge in [0.1, 0.15) is 17.2 Å². The van der Waals surface area contributed by atoms with Gasteiger partial charge in [0.15, 0.2) is 0 Å². The molecule has 3 rings (SSSR count). The van der Waals surface area contributed by atoms with E-state index in [9.17, 15) is 9.59 Å². The number of rotatable bonds is 11. The highest BCUT2D eigenvalue weighted by atomic mass is 16.5. The Morgan fingerprint density at radius 3 is 2.11 bits per heavy atom. The lowest BCUT2D eigenvalue weighted by molar-refractivity contribution is -0.117. The first kappa shape index (κ1) is 26.2. The van der Waals surface area contributed by atoms with Crippen LogP contribution in [0.25, 0.3) is 6.08 Å². The van der Waals surface area contributed by atoms with Crippen LogP contribution < -0.4 is 20.2 Å². The van der Waals surface area contributed by atoms with Gasteiger partial charge in [0, 0.05) is 5.56 Å². The van der Waals surface area contributed by atoms with E-state index >= 15 is 0 Å². The topological polar surface area (TPSA) is 89.0 Å².